The molecule has 2 saturated carbocycles. The van der Waals surface area contributed by atoms with Crippen molar-refractivity contribution in [2.75, 3.05) is 0 Å². The van der Waals surface area contributed by atoms with Crippen molar-refractivity contribution in [1.82, 2.24) is 30.1 Å². The van der Waals surface area contributed by atoms with E-state index in [9.17, 15) is 9.59 Å². The van der Waals surface area contributed by atoms with Crippen molar-refractivity contribution in [2.45, 2.75) is 110 Å². The molecule has 1 aromatic carbocycles. The van der Waals surface area contributed by atoms with E-state index in [4.69, 9.17) is 21.0 Å². The maximum absolute atomic E-state index is 13.2. The molecule has 50 heavy (non-hydrogen) atoms. The van der Waals surface area contributed by atoms with E-state index in [0.29, 0.717) is 60.2 Å². The van der Waals surface area contributed by atoms with Crippen LogP contribution in [0, 0.1) is 50.0 Å². The molecule has 3 atom stereocenters. The Balaban J connectivity index is 1.14. The minimum absolute atomic E-state index is 0.0315. The van der Waals surface area contributed by atoms with Crippen molar-refractivity contribution in [3.05, 3.63) is 70.1 Å². The Kier molecular flexibility index (Phi) is 8.77. The molecule has 3 N–H and O–H groups in total. The molecule has 3 unspecified atom stereocenters. The average Bonchev–Trinajstić information content (AvgIpc) is 3.81. The monoisotopic (exact) mass is 679 g/mol. The Morgan fingerprint density at radius 1 is 1.10 bits per heavy atom. The first-order valence-electron chi connectivity index (χ1n) is 18.3. The highest BCUT2D eigenvalue weighted by atomic mass is 16.5. The van der Waals surface area contributed by atoms with E-state index in [1.165, 1.54) is 6.20 Å². The topological polar surface area (TPSA) is 131 Å². The van der Waals surface area contributed by atoms with Crippen LogP contribution < -0.4 is 14.8 Å². The molecule has 2 aliphatic carbocycles. The minimum Gasteiger partial charge on any atom is -0.475 e. The summed E-state index contributed by atoms with van der Waals surface area (Å²) in [5.74, 6) is 3.52. The number of ether oxygens (including phenoxy) is 2. The number of carbonyl (C=O) groups is 2. The standard InChI is InChI=1S/C39H49N7O4/c1-8-39(50-31-10-9-22(2)17-26(31)6)37(48)43-38(39)14-11-27(12-15-38)20-32-42-34-29(21-28-24(4)18-23(3)19-25(28)5)33(40-7)35(46(34)45-32)49-36(47)30-13-16-41-44-30/h9-10,13,16-17,23-25,27-28H,8,11-12,14-15,18-21H2,1-6H3,(H,41,44)(H,42,45)(H,43,48). The number of aromatic nitrogens is 5. The van der Waals surface area contributed by atoms with Gasteiger partial charge in [-0.1, -0.05) is 45.4 Å². The van der Waals surface area contributed by atoms with Crippen LogP contribution in [0.5, 0.6) is 11.6 Å². The summed E-state index contributed by atoms with van der Waals surface area (Å²) in [4.78, 5) is 35.3. The van der Waals surface area contributed by atoms with Gasteiger partial charge in [0.15, 0.2) is 0 Å². The van der Waals surface area contributed by atoms with Crippen molar-refractivity contribution in [1.29, 1.82) is 0 Å². The van der Waals surface area contributed by atoms with Crippen molar-refractivity contribution in [3.63, 3.8) is 0 Å². The average molecular weight is 680 g/mol. The summed E-state index contributed by atoms with van der Waals surface area (Å²) in [6.45, 7) is 21.2. The number of hydrogen-bond acceptors (Lipinski definition) is 6. The highest BCUT2D eigenvalue weighted by Crippen LogP contribution is 2.50. The van der Waals surface area contributed by atoms with Gasteiger partial charge in [-0.3, -0.25) is 15.0 Å². The number of carbonyl (C=O) groups excluding carboxylic acids is 2. The van der Waals surface area contributed by atoms with Gasteiger partial charge in [-0.2, -0.15) is 5.10 Å². The van der Waals surface area contributed by atoms with Crippen molar-refractivity contribution in [3.8, 4) is 11.6 Å². The van der Waals surface area contributed by atoms with Crippen LogP contribution >= 0.6 is 0 Å². The third-order valence-corrected chi connectivity index (χ3v) is 12.2. The smallest absolute Gasteiger partial charge is 0.361 e. The molecule has 11 heteroatoms. The van der Waals surface area contributed by atoms with Gasteiger partial charge in [0, 0.05) is 18.2 Å². The third kappa shape index (κ3) is 5.66. The lowest BCUT2D eigenvalue weighted by Crippen LogP contribution is -2.84. The second-order valence-electron chi connectivity index (χ2n) is 15.6. The van der Waals surface area contributed by atoms with Gasteiger partial charge in [-0.15, -0.1) is 0 Å². The predicted molar refractivity (Wildman–Crippen MR) is 189 cm³/mol. The number of amides is 1. The second kappa shape index (κ2) is 12.9. The van der Waals surface area contributed by atoms with Gasteiger partial charge in [0.25, 0.3) is 11.6 Å². The first kappa shape index (κ1) is 33.9. The minimum atomic E-state index is -0.886. The molecule has 1 amide bonds. The number of nitrogens with one attached hydrogen (secondary N) is 3. The lowest BCUT2D eigenvalue weighted by molar-refractivity contribution is -0.176. The first-order chi connectivity index (χ1) is 24.0. The number of nitrogens with zero attached hydrogens (tertiary/aromatic N) is 4. The quantitative estimate of drug-likeness (QED) is 0.0957. The van der Waals surface area contributed by atoms with E-state index in [1.807, 2.05) is 26.0 Å². The lowest BCUT2D eigenvalue weighted by atomic mass is 9.60. The first-order valence-corrected chi connectivity index (χ1v) is 18.3. The van der Waals surface area contributed by atoms with Gasteiger partial charge < -0.3 is 14.8 Å². The molecule has 1 aliphatic heterocycles. The summed E-state index contributed by atoms with van der Waals surface area (Å²) in [6.07, 6.45) is 9.27. The number of rotatable bonds is 9. The molecular formula is C39H49N7O4. The molecule has 4 heterocycles. The van der Waals surface area contributed by atoms with Crippen LogP contribution in [-0.4, -0.2) is 47.8 Å². The van der Waals surface area contributed by atoms with Crippen molar-refractivity contribution < 1.29 is 19.1 Å². The van der Waals surface area contributed by atoms with E-state index < -0.39 is 17.1 Å². The van der Waals surface area contributed by atoms with Gasteiger partial charge in [0.2, 0.25) is 11.5 Å². The number of β-lactam (4-membered cyclic amide) rings is 1. The van der Waals surface area contributed by atoms with Crippen LogP contribution in [0.3, 0.4) is 0 Å². The normalized spacial score (nSPS) is 29.4. The zero-order valence-electron chi connectivity index (χ0n) is 30.1. The number of H-pyrrole nitrogens is 2. The molecule has 1 saturated heterocycles. The Hall–Kier alpha value is -4.59. The molecule has 3 aromatic heterocycles. The Bertz CT molecular complexity index is 1930. The fraction of sp³-hybridized carbons (Fsp3) is 0.564. The fourth-order valence-corrected chi connectivity index (χ4v) is 9.56. The van der Waals surface area contributed by atoms with E-state index in [-0.39, 0.29) is 17.5 Å². The van der Waals surface area contributed by atoms with E-state index in [0.717, 1.165) is 66.8 Å². The summed E-state index contributed by atoms with van der Waals surface area (Å²) in [6, 6.07) is 7.66. The number of aromatic amines is 2. The van der Waals surface area contributed by atoms with Gasteiger partial charge >= 0.3 is 5.97 Å². The Morgan fingerprint density at radius 2 is 1.84 bits per heavy atom. The summed E-state index contributed by atoms with van der Waals surface area (Å²) < 4.78 is 14.3. The largest absolute Gasteiger partial charge is 0.475 e. The van der Waals surface area contributed by atoms with E-state index in [1.54, 1.807) is 10.6 Å². The van der Waals surface area contributed by atoms with Crippen LogP contribution in [0.4, 0.5) is 5.69 Å². The molecule has 11 nitrogen and oxygen atoms in total. The Morgan fingerprint density at radius 3 is 2.46 bits per heavy atom. The molecular weight excluding hydrogens is 630 g/mol. The van der Waals surface area contributed by atoms with E-state index >= 15 is 0 Å². The van der Waals surface area contributed by atoms with Crippen LogP contribution in [0.2, 0.25) is 0 Å². The summed E-state index contributed by atoms with van der Waals surface area (Å²) >= 11 is 0. The molecule has 7 rings (SSSR count). The number of hydrogen-bond donors (Lipinski definition) is 3. The number of esters is 1. The molecule has 0 bridgehead atoms. The molecule has 1 spiro atoms. The van der Waals surface area contributed by atoms with Gasteiger partial charge in [0.05, 0.1) is 12.1 Å². The van der Waals surface area contributed by atoms with Crippen molar-refractivity contribution >= 4 is 23.2 Å². The van der Waals surface area contributed by atoms with Gasteiger partial charge in [0.1, 0.15) is 22.9 Å². The zero-order chi connectivity index (χ0) is 35.4. The maximum atomic E-state index is 13.2. The zero-order valence-corrected chi connectivity index (χ0v) is 30.1. The second-order valence-corrected chi connectivity index (χ2v) is 15.6. The lowest BCUT2D eigenvalue weighted by Gasteiger charge is -2.59. The molecule has 4 aromatic rings. The molecule has 3 fully saturated rings. The summed E-state index contributed by atoms with van der Waals surface area (Å²) in [5.41, 5.74) is 2.95. The predicted octanol–water partition coefficient (Wildman–Crippen LogP) is 7.46. The number of benzene rings is 1. The maximum Gasteiger partial charge on any atom is 0.361 e. The van der Waals surface area contributed by atoms with Gasteiger partial charge in [-0.05, 0) is 112 Å². The van der Waals surface area contributed by atoms with Gasteiger partial charge in [-0.25, -0.2) is 19.1 Å². The van der Waals surface area contributed by atoms with Crippen LogP contribution in [0.1, 0.15) is 106 Å². The van der Waals surface area contributed by atoms with Crippen LogP contribution in [0.15, 0.2) is 30.5 Å². The van der Waals surface area contributed by atoms with Crippen molar-refractivity contribution in [2.24, 2.45) is 29.6 Å². The molecule has 3 aliphatic rings. The molecule has 0 radical (unpaired) electrons. The summed E-state index contributed by atoms with van der Waals surface area (Å²) in [5, 5.41) is 13.3. The fourth-order valence-electron chi connectivity index (χ4n) is 9.56. The Labute approximate surface area is 293 Å². The highest BCUT2D eigenvalue weighted by Gasteiger charge is 2.67. The highest BCUT2D eigenvalue weighted by molar-refractivity contribution is 5.95. The third-order valence-electron chi connectivity index (χ3n) is 12.2. The van der Waals surface area contributed by atoms with Crippen LogP contribution in [0.25, 0.3) is 10.5 Å². The molecule has 264 valence electrons. The summed E-state index contributed by atoms with van der Waals surface area (Å²) in [7, 11) is 0. The number of fused-ring (bicyclic) bond motifs is 1. The number of aryl methyl sites for hydroxylation is 2. The SMILES string of the molecule is [C-]#[N+]c1c(CC2C(C)CC(C)CC2C)c2nc(CC3CCC4(CC3)NC(=O)C4(CC)Oc3ccc(C)cc3C)[nH]n2c1OC(=O)c1ccn[nH]1. The van der Waals surface area contributed by atoms with Crippen LogP contribution in [-0.2, 0) is 17.6 Å². The van der Waals surface area contributed by atoms with E-state index in [2.05, 4.69) is 59.2 Å².